The summed E-state index contributed by atoms with van der Waals surface area (Å²) in [7, 11) is 0. The number of esters is 1. The minimum Gasteiger partial charge on any atom is -0.508 e. The van der Waals surface area contributed by atoms with Gasteiger partial charge in [0.05, 0.1) is 18.7 Å². The molecule has 2 aromatic rings. The summed E-state index contributed by atoms with van der Waals surface area (Å²) in [4.78, 5) is 15.7. The molecule has 0 aliphatic heterocycles. The summed E-state index contributed by atoms with van der Waals surface area (Å²) >= 11 is 1.53. The summed E-state index contributed by atoms with van der Waals surface area (Å²) in [6, 6.07) is 6.91. The van der Waals surface area contributed by atoms with Gasteiger partial charge in [0.1, 0.15) is 10.8 Å². The molecule has 1 aromatic heterocycles. The van der Waals surface area contributed by atoms with Crippen LogP contribution in [0.3, 0.4) is 0 Å². The van der Waals surface area contributed by atoms with Crippen molar-refractivity contribution in [3.63, 3.8) is 0 Å². The Labute approximate surface area is 115 Å². The lowest BCUT2D eigenvalue weighted by Crippen LogP contribution is -2.05. The lowest BCUT2D eigenvalue weighted by molar-refractivity contribution is -0.143. The third kappa shape index (κ3) is 3.79. The van der Waals surface area contributed by atoms with E-state index in [4.69, 9.17) is 4.74 Å². The summed E-state index contributed by atoms with van der Waals surface area (Å²) in [6.07, 6.45) is 0.944. The molecule has 5 heteroatoms. The van der Waals surface area contributed by atoms with Crippen molar-refractivity contribution in [2.24, 2.45) is 0 Å². The van der Waals surface area contributed by atoms with Crippen LogP contribution in [0.15, 0.2) is 29.6 Å². The van der Waals surface area contributed by atoms with Gasteiger partial charge in [0.2, 0.25) is 0 Å². The van der Waals surface area contributed by atoms with Crippen molar-refractivity contribution in [2.75, 3.05) is 6.61 Å². The van der Waals surface area contributed by atoms with Crippen LogP contribution in [-0.2, 0) is 16.0 Å². The zero-order chi connectivity index (χ0) is 13.7. The van der Waals surface area contributed by atoms with Crippen molar-refractivity contribution in [2.45, 2.75) is 19.8 Å². The van der Waals surface area contributed by atoms with Gasteiger partial charge in [-0.2, -0.15) is 0 Å². The summed E-state index contributed by atoms with van der Waals surface area (Å²) in [5, 5.41) is 12.1. The van der Waals surface area contributed by atoms with Gasteiger partial charge >= 0.3 is 5.97 Å². The Morgan fingerprint density at radius 3 is 2.79 bits per heavy atom. The van der Waals surface area contributed by atoms with E-state index in [0.717, 1.165) is 16.3 Å². The Bertz CT molecular complexity index is 548. The molecule has 1 heterocycles. The maximum absolute atomic E-state index is 11.3. The van der Waals surface area contributed by atoms with Gasteiger partial charge in [0, 0.05) is 17.4 Å². The monoisotopic (exact) mass is 277 g/mol. The van der Waals surface area contributed by atoms with E-state index < -0.39 is 0 Å². The van der Waals surface area contributed by atoms with Crippen LogP contribution in [0.5, 0.6) is 5.75 Å². The maximum atomic E-state index is 11.3. The van der Waals surface area contributed by atoms with Gasteiger partial charge in [-0.3, -0.25) is 4.79 Å². The molecule has 0 saturated heterocycles. The zero-order valence-corrected chi connectivity index (χ0v) is 11.4. The largest absolute Gasteiger partial charge is 0.508 e. The fraction of sp³-hybridized carbons (Fsp3) is 0.286. The van der Waals surface area contributed by atoms with E-state index in [-0.39, 0.29) is 11.7 Å². The first-order chi connectivity index (χ1) is 9.19. The molecule has 0 radical (unpaired) electrons. The zero-order valence-electron chi connectivity index (χ0n) is 10.6. The van der Waals surface area contributed by atoms with Crippen LogP contribution in [0, 0.1) is 0 Å². The van der Waals surface area contributed by atoms with Crippen LogP contribution in [0.2, 0.25) is 0 Å². The average molecular weight is 277 g/mol. The Hall–Kier alpha value is -1.88. The summed E-state index contributed by atoms with van der Waals surface area (Å²) in [5.41, 5.74) is 1.85. The number of thiazole rings is 1. The van der Waals surface area contributed by atoms with E-state index in [1.165, 1.54) is 11.3 Å². The van der Waals surface area contributed by atoms with Crippen LogP contribution < -0.4 is 0 Å². The Morgan fingerprint density at radius 2 is 2.11 bits per heavy atom. The lowest BCUT2D eigenvalue weighted by Gasteiger charge is -1.99. The van der Waals surface area contributed by atoms with E-state index in [2.05, 4.69) is 4.98 Å². The number of carbonyl (C=O) groups is 1. The molecule has 100 valence electrons. The number of nitrogens with zero attached hydrogens (tertiary/aromatic N) is 1. The number of phenols is 1. The molecule has 0 spiro atoms. The van der Waals surface area contributed by atoms with E-state index >= 15 is 0 Å². The first kappa shape index (κ1) is 13.5. The molecule has 19 heavy (non-hydrogen) atoms. The fourth-order valence-electron chi connectivity index (χ4n) is 1.62. The number of aromatic nitrogens is 1. The molecule has 0 bridgehead atoms. The minimum atomic E-state index is -0.193. The molecule has 0 fully saturated rings. The van der Waals surface area contributed by atoms with Gasteiger partial charge in [0.25, 0.3) is 0 Å². The van der Waals surface area contributed by atoms with E-state index in [1.807, 2.05) is 17.5 Å². The second kappa shape index (κ2) is 6.33. The van der Waals surface area contributed by atoms with Gasteiger partial charge in [-0.05, 0) is 31.2 Å². The van der Waals surface area contributed by atoms with E-state index in [1.54, 1.807) is 19.1 Å². The maximum Gasteiger partial charge on any atom is 0.306 e. The second-order valence-electron chi connectivity index (χ2n) is 4.00. The highest BCUT2D eigenvalue weighted by Crippen LogP contribution is 2.25. The normalized spacial score (nSPS) is 10.4. The predicted molar refractivity (Wildman–Crippen MR) is 74.2 cm³/mol. The molecule has 0 aliphatic rings. The summed E-state index contributed by atoms with van der Waals surface area (Å²) in [6.45, 7) is 2.21. The van der Waals surface area contributed by atoms with Crippen molar-refractivity contribution in [3.8, 4) is 16.3 Å². The van der Waals surface area contributed by atoms with Crippen LogP contribution >= 0.6 is 11.3 Å². The Morgan fingerprint density at radius 1 is 1.37 bits per heavy atom. The number of benzene rings is 1. The third-order valence-corrected chi connectivity index (χ3v) is 3.50. The summed E-state index contributed by atoms with van der Waals surface area (Å²) < 4.78 is 4.88. The quantitative estimate of drug-likeness (QED) is 0.853. The second-order valence-corrected chi connectivity index (χ2v) is 4.85. The van der Waals surface area contributed by atoms with Crippen molar-refractivity contribution < 1.29 is 14.6 Å². The standard InChI is InChI=1S/C14H15NO3S/c1-2-18-13(17)8-5-11-9-19-14(15-11)10-3-6-12(16)7-4-10/h3-4,6-7,9,16H,2,5,8H2,1H3. The van der Waals surface area contributed by atoms with Gasteiger partial charge in [-0.15, -0.1) is 11.3 Å². The molecule has 0 unspecified atom stereocenters. The topological polar surface area (TPSA) is 59.4 Å². The number of aromatic hydroxyl groups is 1. The van der Waals surface area contributed by atoms with Gasteiger partial charge in [-0.1, -0.05) is 0 Å². The first-order valence-electron chi connectivity index (χ1n) is 6.08. The van der Waals surface area contributed by atoms with Crippen molar-refractivity contribution in [1.29, 1.82) is 0 Å². The highest BCUT2D eigenvalue weighted by Gasteiger charge is 2.07. The van der Waals surface area contributed by atoms with E-state index in [9.17, 15) is 9.90 Å². The van der Waals surface area contributed by atoms with Crippen molar-refractivity contribution in [1.82, 2.24) is 4.98 Å². The van der Waals surface area contributed by atoms with Crippen LogP contribution in [0.25, 0.3) is 10.6 Å². The number of phenolic OH excluding ortho intramolecular Hbond substituents is 1. The Balaban J connectivity index is 1.99. The van der Waals surface area contributed by atoms with Crippen molar-refractivity contribution in [3.05, 3.63) is 35.3 Å². The number of ether oxygens (including phenoxy) is 1. The SMILES string of the molecule is CCOC(=O)CCc1csc(-c2ccc(O)cc2)n1. The van der Waals surface area contributed by atoms with Crippen molar-refractivity contribution >= 4 is 17.3 Å². The predicted octanol–water partition coefficient (Wildman–Crippen LogP) is 3.01. The van der Waals surface area contributed by atoms with Crippen LogP contribution in [0.1, 0.15) is 19.0 Å². The molecule has 0 amide bonds. The van der Waals surface area contributed by atoms with Crippen LogP contribution in [0.4, 0.5) is 0 Å². The van der Waals surface area contributed by atoms with Crippen LogP contribution in [-0.4, -0.2) is 22.7 Å². The highest BCUT2D eigenvalue weighted by atomic mass is 32.1. The molecule has 1 aromatic carbocycles. The highest BCUT2D eigenvalue weighted by molar-refractivity contribution is 7.13. The number of hydrogen-bond acceptors (Lipinski definition) is 5. The molecule has 0 atom stereocenters. The fourth-order valence-corrected chi connectivity index (χ4v) is 2.48. The summed E-state index contributed by atoms with van der Waals surface area (Å²) in [5.74, 6) is 0.0459. The molecular formula is C14H15NO3S. The van der Waals surface area contributed by atoms with E-state index in [0.29, 0.717) is 19.4 Å². The molecule has 4 nitrogen and oxygen atoms in total. The average Bonchev–Trinajstić information content (AvgIpc) is 2.86. The number of hydrogen-bond donors (Lipinski definition) is 1. The van der Waals surface area contributed by atoms with Gasteiger partial charge in [0.15, 0.2) is 0 Å². The molecular weight excluding hydrogens is 262 g/mol. The molecule has 2 rings (SSSR count). The smallest absolute Gasteiger partial charge is 0.306 e. The molecule has 1 N–H and O–H groups in total. The number of carbonyl (C=O) groups excluding carboxylic acids is 1. The third-order valence-electron chi connectivity index (χ3n) is 2.56. The first-order valence-corrected chi connectivity index (χ1v) is 6.96. The number of aryl methyl sites for hydroxylation is 1. The Kier molecular flexibility index (Phi) is 4.52. The lowest BCUT2D eigenvalue weighted by atomic mass is 10.2. The molecule has 0 aliphatic carbocycles. The van der Waals surface area contributed by atoms with Gasteiger partial charge < -0.3 is 9.84 Å². The van der Waals surface area contributed by atoms with Gasteiger partial charge in [-0.25, -0.2) is 4.98 Å². The molecule has 0 saturated carbocycles. The minimum absolute atomic E-state index is 0.193. The number of rotatable bonds is 5.